The summed E-state index contributed by atoms with van der Waals surface area (Å²) in [5.41, 5.74) is -0.421. The number of nitrogens with one attached hydrogen (secondary N) is 1. The van der Waals surface area contributed by atoms with E-state index in [9.17, 15) is 38.1 Å². The minimum Gasteiger partial charge on any atom is -0.545 e. The van der Waals surface area contributed by atoms with E-state index in [0.717, 1.165) is 25.3 Å². The molecule has 15 nitrogen and oxygen atoms in total. The van der Waals surface area contributed by atoms with Crippen LogP contribution in [-0.2, 0) is 14.8 Å². The van der Waals surface area contributed by atoms with E-state index in [2.05, 4.69) is 24.9 Å². The van der Waals surface area contributed by atoms with Crippen molar-refractivity contribution in [2.24, 2.45) is 15.5 Å². The van der Waals surface area contributed by atoms with Gasteiger partial charge in [-0.1, -0.05) is 32.4 Å². The van der Waals surface area contributed by atoms with Gasteiger partial charge < -0.3 is 29.6 Å². The third kappa shape index (κ3) is 8.94. The van der Waals surface area contributed by atoms with Crippen LogP contribution in [-0.4, -0.2) is 64.8 Å². The van der Waals surface area contributed by atoms with Crippen molar-refractivity contribution in [2.45, 2.75) is 25.7 Å². The number of carboxylic acid groups (broad SMARTS) is 2. The molecule has 1 aliphatic rings. The van der Waals surface area contributed by atoms with Crippen molar-refractivity contribution < 1.29 is 146 Å². The van der Waals surface area contributed by atoms with Crippen LogP contribution in [0.5, 0.6) is 5.75 Å². The summed E-state index contributed by atoms with van der Waals surface area (Å²) in [6, 6.07) is 10.8. The van der Waals surface area contributed by atoms with Gasteiger partial charge in [-0.3, -0.25) is 4.72 Å². The molecule has 3 aromatic carbocycles. The first kappa shape index (κ1) is 41.1. The number of carbonyl (C=O) groups is 3. The number of phenolic OH excluding ortho intramolecular Hbond substituents is 1. The second-order valence-electron chi connectivity index (χ2n) is 11.1. The van der Waals surface area contributed by atoms with E-state index >= 15 is 0 Å². The number of carbonyl (C=O) groups excluding carboxylic acids is 3. The first-order chi connectivity index (χ1) is 22.0. The summed E-state index contributed by atoms with van der Waals surface area (Å²) in [5.74, 6) is -4.33. The Morgan fingerprint density at radius 2 is 1.57 bits per heavy atom. The van der Waals surface area contributed by atoms with Gasteiger partial charge in [0.05, 0.1) is 40.4 Å². The number of aromatic hydroxyl groups is 1. The number of aromatic carboxylic acids is 2. The topological polar surface area (TPSA) is 228 Å². The summed E-state index contributed by atoms with van der Waals surface area (Å²) in [4.78, 5) is 44.7. The van der Waals surface area contributed by atoms with Gasteiger partial charge in [0, 0.05) is 16.7 Å². The Kier molecular flexibility index (Phi) is 13.3. The van der Waals surface area contributed by atoms with Crippen molar-refractivity contribution in [3.63, 3.8) is 0 Å². The van der Waals surface area contributed by atoms with E-state index in [-0.39, 0.29) is 136 Å². The van der Waals surface area contributed by atoms with Gasteiger partial charge in [-0.15, -0.1) is 9.89 Å². The Labute approximate surface area is 369 Å². The van der Waals surface area contributed by atoms with E-state index in [1.165, 1.54) is 41.2 Å². The number of ether oxygens (including phenoxy) is 1. The zero-order valence-corrected chi connectivity index (χ0v) is 34.8. The number of anilines is 1. The zero-order valence-electron chi connectivity index (χ0n) is 26.9. The minimum absolute atomic E-state index is 0. The summed E-state index contributed by atoms with van der Waals surface area (Å²) < 4.78 is 32.9. The molecule has 0 fully saturated rings. The third-order valence-corrected chi connectivity index (χ3v) is 8.36. The van der Waals surface area contributed by atoms with Crippen molar-refractivity contribution in [3.05, 3.63) is 82.1 Å². The molecule has 0 unspecified atom stereocenters. The molecule has 5 rings (SSSR count). The van der Waals surface area contributed by atoms with Crippen molar-refractivity contribution in [2.75, 3.05) is 11.8 Å². The summed E-state index contributed by atoms with van der Waals surface area (Å²) in [6.45, 7) is 5.73. The van der Waals surface area contributed by atoms with Crippen LogP contribution in [0.25, 0.3) is 11.4 Å². The smallest absolute Gasteiger partial charge is 0.545 e. The van der Waals surface area contributed by atoms with Crippen LogP contribution in [0.1, 0.15) is 57.7 Å². The van der Waals surface area contributed by atoms with Crippen molar-refractivity contribution >= 4 is 62.3 Å². The van der Waals surface area contributed by atoms with Crippen LogP contribution >= 0.6 is 11.6 Å². The van der Waals surface area contributed by atoms with E-state index < -0.39 is 55.1 Å². The second-order valence-corrected chi connectivity index (χ2v) is 13.2. The first-order valence-corrected chi connectivity index (χ1v) is 15.3. The van der Waals surface area contributed by atoms with Crippen molar-refractivity contribution in [1.82, 2.24) is 14.9 Å². The Bertz CT molecular complexity index is 2130. The second kappa shape index (κ2) is 15.9. The van der Waals surface area contributed by atoms with E-state index in [1.807, 2.05) is 20.8 Å². The van der Waals surface area contributed by atoms with E-state index in [4.69, 9.17) is 16.3 Å². The van der Waals surface area contributed by atoms with Gasteiger partial charge in [0.1, 0.15) is 17.0 Å². The molecule has 242 valence electrons. The SMILES string of the molecule is COC(=O)c1cc(N=C2C(C(C)(C)C)=Nn3nc(-c4ccc(NS(=O)(=O)c5cc(C(=O)[O-])cc(C(=O)[O-])c5)cc4)nc32)cc(Cl)c1O.[K+].[K+]. The molecule has 0 saturated carbocycles. The number of benzene rings is 3. The summed E-state index contributed by atoms with van der Waals surface area (Å²) in [7, 11) is -3.27. The molecule has 49 heavy (non-hydrogen) atoms. The van der Waals surface area contributed by atoms with Crippen LogP contribution in [0.2, 0.25) is 5.02 Å². The molecule has 0 saturated heterocycles. The van der Waals surface area contributed by atoms with Crippen LogP contribution in [0, 0.1) is 5.41 Å². The maximum absolute atomic E-state index is 13.0. The molecule has 19 heteroatoms. The Balaban J connectivity index is 0.00000325. The fourth-order valence-corrected chi connectivity index (χ4v) is 5.78. The molecule has 0 radical (unpaired) electrons. The number of fused-ring (bicyclic) bond motifs is 1. The average Bonchev–Trinajstić information content (AvgIpc) is 3.57. The molecule has 2 N–H and O–H groups in total. The molecule has 4 aromatic rings. The van der Waals surface area contributed by atoms with Crippen LogP contribution in [0.3, 0.4) is 0 Å². The number of phenols is 1. The number of rotatable bonds is 8. The van der Waals surface area contributed by atoms with E-state index in [1.54, 1.807) is 0 Å². The number of sulfonamides is 1. The van der Waals surface area contributed by atoms with E-state index in [0.29, 0.717) is 17.0 Å². The van der Waals surface area contributed by atoms with Gasteiger partial charge in [0.15, 0.2) is 5.82 Å². The number of hydrogen-bond donors (Lipinski definition) is 2. The average molecular weight is 757 g/mol. The van der Waals surface area contributed by atoms with Crippen LogP contribution < -0.4 is 118 Å². The van der Waals surface area contributed by atoms with Gasteiger partial charge in [0.25, 0.3) is 10.0 Å². The van der Waals surface area contributed by atoms with Gasteiger partial charge in [-0.2, -0.15) is 5.10 Å². The molecular formula is C30H23ClK2N6O9S. The fourth-order valence-electron chi connectivity index (χ4n) is 4.44. The number of nitrogens with zero attached hydrogens (tertiary/aromatic N) is 5. The van der Waals surface area contributed by atoms with Crippen molar-refractivity contribution in [3.8, 4) is 17.1 Å². The molecule has 2 heterocycles. The Morgan fingerprint density at radius 3 is 2.10 bits per heavy atom. The predicted octanol–water partition coefficient (Wildman–Crippen LogP) is -3.99. The minimum atomic E-state index is -4.43. The number of aliphatic imine (C=N–C) groups is 1. The molecule has 0 spiro atoms. The van der Waals surface area contributed by atoms with Gasteiger partial charge in [-0.05, 0) is 65.7 Å². The zero-order chi connectivity index (χ0) is 34.4. The molecular weight excluding hydrogens is 734 g/mol. The Morgan fingerprint density at radius 1 is 0.980 bits per heavy atom. The maximum atomic E-state index is 13.0. The standard InChI is InChI=1S/C30H25ClN6O9S.2K/c1-30(2,3)24-22(32-18-12-20(29(43)46-4)23(38)21(31)13-18)26-33-25(35-37(26)34-24)14-5-7-17(8-6-14)36-47(44,45)19-10-15(27(39)40)9-16(11-19)28(41)42;;/h5-13,36,38H,1-4H3,(H,39,40)(H,41,42);;/q;2*+1/p-2. The number of carboxylic acids is 2. The third-order valence-electron chi connectivity index (χ3n) is 6.71. The van der Waals surface area contributed by atoms with Gasteiger partial charge in [-0.25, -0.2) is 23.2 Å². The maximum Gasteiger partial charge on any atom is 1.00 e. The number of esters is 1. The summed E-state index contributed by atoms with van der Waals surface area (Å²) in [6.07, 6.45) is 0. The number of aromatic nitrogens is 3. The quantitative estimate of drug-likeness (QED) is 0.130. The summed E-state index contributed by atoms with van der Waals surface area (Å²) in [5, 5.41) is 41.7. The summed E-state index contributed by atoms with van der Waals surface area (Å²) >= 11 is 6.16. The molecule has 0 atom stereocenters. The molecule has 0 amide bonds. The number of halogens is 1. The molecule has 1 aliphatic heterocycles. The molecule has 0 aliphatic carbocycles. The Hall–Kier alpha value is -2.34. The predicted molar refractivity (Wildman–Crippen MR) is 164 cm³/mol. The molecule has 1 aromatic heterocycles. The monoisotopic (exact) mass is 756 g/mol. The number of hydrogen-bond acceptors (Lipinski definition) is 13. The largest absolute Gasteiger partial charge is 1.00 e. The van der Waals surface area contributed by atoms with Crippen LogP contribution in [0.15, 0.2) is 69.6 Å². The van der Waals surface area contributed by atoms with Gasteiger partial charge >= 0.3 is 109 Å². The molecule has 0 bridgehead atoms. The van der Waals surface area contributed by atoms with Crippen molar-refractivity contribution in [1.29, 1.82) is 0 Å². The van der Waals surface area contributed by atoms with Crippen LogP contribution in [0.4, 0.5) is 11.4 Å². The number of methoxy groups -OCH3 is 1. The normalized spacial score (nSPS) is 13.1. The fraction of sp³-hybridized carbons (Fsp3) is 0.167. The van der Waals surface area contributed by atoms with Gasteiger partial charge in [0.2, 0.25) is 5.82 Å². The first-order valence-electron chi connectivity index (χ1n) is 13.5.